The van der Waals surface area contributed by atoms with Crippen LogP contribution in [0.3, 0.4) is 0 Å². The first-order chi connectivity index (χ1) is 13.3. The molecule has 0 aliphatic rings. The topological polar surface area (TPSA) is 104 Å². The molecule has 1 atom stereocenters. The Balaban J connectivity index is 2.22. The van der Waals surface area contributed by atoms with Crippen molar-refractivity contribution in [3.63, 3.8) is 0 Å². The number of carbonyl (C=O) groups is 1. The quantitative estimate of drug-likeness (QED) is 0.244. The van der Waals surface area contributed by atoms with E-state index >= 15 is 0 Å². The molecule has 0 spiro atoms. The van der Waals surface area contributed by atoms with Gasteiger partial charge in [0.05, 0.1) is 4.90 Å². The van der Waals surface area contributed by atoms with E-state index in [0.29, 0.717) is 12.1 Å². The maximum atomic E-state index is 11.4. The maximum Gasteiger partial charge on any atom is 0.326 e. The van der Waals surface area contributed by atoms with Crippen LogP contribution in [0.2, 0.25) is 0 Å². The third kappa shape index (κ3) is 10.7. The second-order valence-electron chi connectivity index (χ2n) is 7.36. The van der Waals surface area contributed by atoms with Gasteiger partial charge >= 0.3 is 5.97 Å². The fourth-order valence-corrected chi connectivity index (χ4v) is 3.67. The lowest BCUT2D eigenvalue weighted by Gasteiger charge is -2.16. The molecule has 0 saturated heterocycles. The van der Waals surface area contributed by atoms with Crippen LogP contribution >= 0.6 is 0 Å². The summed E-state index contributed by atoms with van der Waals surface area (Å²) in [4.78, 5) is 11.2. The second kappa shape index (κ2) is 13.6. The van der Waals surface area contributed by atoms with Gasteiger partial charge in [0.15, 0.2) is 0 Å². The number of anilines is 1. The molecule has 0 heterocycles. The molecule has 0 amide bonds. The molecule has 0 radical (unpaired) electrons. The summed E-state index contributed by atoms with van der Waals surface area (Å²) in [7, 11) is -4.24. The highest BCUT2D eigenvalue weighted by molar-refractivity contribution is 7.85. The Labute approximate surface area is 169 Å². The van der Waals surface area contributed by atoms with Crippen LogP contribution in [0.5, 0.6) is 0 Å². The number of nitrogens with one attached hydrogen (secondary N) is 1. The van der Waals surface area contributed by atoms with Gasteiger partial charge in [-0.15, -0.1) is 0 Å². The zero-order valence-electron chi connectivity index (χ0n) is 16.9. The summed E-state index contributed by atoms with van der Waals surface area (Å²) < 4.78 is 31.1. The van der Waals surface area contributed by atoms with Crippen LogP contribution in [0.1, 0.15) is 84.0 Å². The summed E-state index contributed by atoms with van der Waals surface area (Å²) in [5, 5.41) is 12.3. The molecule has 0 aliphatic heterocycles. The first kappa shape index (κ1) is 24.4. The standard InChI is InChI=1S/C21H35NO5S/c1-2-3-4-5-6-7-8-9-10-11-12-13-20(21(23)24)22-18-14-16-19(17-15-18)28(25,26)27/h14-17,20,22H,2-13H2,1H3,(H,23,24)(H,25,26,27)/t20-/m0/s1. The highest BCUT2D eigenvalue weighted by atomic mass is 32.2. The van der Waals surface area contributed by atoms with Gasteiger partial charge in [-0.3, -0.25) is 4.55 Å². The van der Waals surface area contributed by atoms with Crippen LogP contribution in [0.4, 0.5) is 5.69 Å². The molecule has 28 heavy (non-hydrogen) atoms. The third-order valence-electron chi connectivity index (χ3n) is 4.89. The number of benzene rings is 1. The number of aliphatic carboxylic acids is 1. The smallest absolute Gasteiger partial charge is 0.326 e. The summed E-state index contributed by atoms with van der Waals surface area (Å²) in [5.41, 5.74) is 0.517. The molecule has 0 fully saturated rings. The molecule has 0 bridgehead atoms. The zero-order chi connectivity index (χ0) is 20.8. The number of carboxylic acid groups (broad SMARTS) is 1. The molecule has 1 rings (SSSR count). The van der Waals surface area contributed by atoms with Crippen LogP contribution in [-0.2, 0) is 14.9 Å². The summed E-state index contributed by atoms with van der Waals surface area (Å²) >= 11 is 0. The van der Waals surface area contributed by atoms with E-state index in [1.807, 2.05) is 0 Å². The highest BCUT2D eigenvalue weighted by Crippen LogP contribution is 2.17. The van der Waals surface area contributed by atoms with Crippen molar-refractivity contribution < 1.29 is 22.9 Å². The van der Waals surface area contributed by atoms with Crippen LogP contribution < -0.4 is 5.32 Å². The largest absolute Gasteiger partial charge is 0.480 e. The predicted octanol–water partition coefficient (Wildman–Crippen LogP) is 5.50. The molecule has 1 aromatic carbocycles. The van der Waals surface area contributed by atoms with Gasteiger partial charge in [0, 0.05) is 5.69 Å². The van der Waals surface area contributed by atoms with Gasteiger partial charge < -0.3 is 10.4 Å². The van der Waals surface area contributed by atoms with E-state index in [0.717, 1.165) is 19.3 Å². The molecule has 3 N–H and O–H groups in total. The number of hydrogen-bond acceptors (Lipinski definition) is 4. The van der Waals surface area contributed by atoms with Crippen LogP contribution in [-0.4, -0.2) is 30.1 Å². The van der Waals surface area contributed by atoms with Gasteiger partial charge in [-0.2, -0.15) is 8.42 Å². The predicted molar refractivity (Wildman–Crippen MR) is 112 cm³/mol. The summed E-state index contributed by atoms with van der Waals surface area (Å²) in [6.45, 7) is 2.23. The second-order valence-corrected chi connectivity index (χ2v) is 8.78. The molecule has 6 nitrogen and oxygen atoms in total. The van der Waals surface area contributed by atoms with Gasteiger partial charge in [0.2, 0.25) is 0 Å². The monoisotopic (exact) mass is 413 g/mol. The van der Waals surface area contributed by atoms with Crippen molar-refractivity contribution in [1.82, 2.24) is 0 Å². The molecular weight excluding hydrogens is 378 g/mol. The molecule has 0 aliphatic carbocycles. The molecule has 7 heteroatoms. The number of hydrogen-bond donors (Lipinski definition) is 3. The van der Waals surface area contributed by atoms with Crippen molar-refractivity contribution in [2.75, 3.05) is 5.32 Å². The normalized spacial score (nSPS) is 12.6. The number of unbranched alkanes of at least 4 members (excludes halogenated alkanes) is 10. The van der Waals surface area contributed by atoms with E-state index in [1.165, 1.54) is 75.6 Å². The minimum absolute atomic E-state index is 0.213. The fraction of sp³-hybridized carbons (Fsp3) is 0.667. The lowest BCUT2D eigenvalue weighted by Crippen LogP contribution is -2.29. The zero-order valence-corrected chi connectivity index (χ0v) is 17.7. The van der Waals surface area contributed by atoms with E-state index in [1.54, 1.807) is 0 Å². The van der Waals surface area contributed by atoms with Crippen LogP contribution in [0, 0.1) is 0 Å². The minimum atomic E-state index is -4.24. The van der Waals surface area contributed by atoms with Crippen molar-refractivity contribution in [2.45, 2.75) is 94.9 Å². The average molecular weight is 414 g/mol. The van der Waals surface area contributed by atoms with Crippen molar-refractivity contribution in [2.24, 2.45) is 0 Å². The maximum absolute atomic E-state index is 11.4. The summed E-state index contributed by atoms with van der Waals surface area (Å²) in [5.74, 6) is -0.925. The average Bonchev–Trinajstić information content (AvgIpc) is 2.64. The van der Waals surface area contributed by atoms with Gasteiger partial charge in [0.1, 0.15) is 6.04 Å². The minimum Gasteiger partial charge on any atom is -0.480 e. The Morgan fingerprint density at radius 2 is 1.36 bits per heavy atom. The highest BCUT2D eigenvalue weighted by Gasteiger charge is 2.17. The number of carboxylic acids is 1. The number of rotatable bonds is 16. The van der Waals surface area contributed by atoms with Gasteiger partial charge in [-0.25, -0.2) is 4.79 Å². The van der Waals surface area contributed by atoms with E-state index < -0.39 is 22.1 Å². The molecule has 0 unspecified atom stereocenters. The van der Waals surface area contributed by atoms with Gasteiger partial charge in [0.25, 0.3) is 10.1 Å². The third-order valence-corrected chi connectivity index (χ3v) is 5.76. The van der Waals surface area contributed by atoms with E-state index in [4.69, 9.17) is 4.55 Å². The first-order valence-electron chi connectivity index (χ1n) is 10.4. The Hall–Kier alpha value is -1.60. The SMILES string of the molecule is CCCCCCCCCCCCC[C@H](Nc1ccc(S(=O)(=O)O)cc1)C(=O)O. The molecule has 1 aromatic rings. The lowest BCUT2D eigenvalue weighted by atomic mass is 10.0. The molecule has 160 valence electrons. The van der Waals surface area contributed by atoms with Crippen molar-refractivity contribution >= 4 is 21.8 Å². The van der Waals surface area contributed by atoms with Crippen molar-refractivity contribution in [3.8, 4) is 0 Å². The van der Waals surface area contributed by atoms with E-state index in [-0.39, 0.29) is 4.90 Å². The van der Waals surface area contributed by atoms with Crippen LogP contribution in [0.25, 0.3) is 0 Å². The molecule has 0 aromatic heterocycles. The van der Waals surface area contributed by atoms with Crippen LogP contribution in [0.15, 0.2) is 29.2 Å². The lowest BCUT2D eigenvalue weighted by molar-refractivity contribution is -0.138. The summed E-state index contributed by atoms with van der Waals surface area (Å²) in [6.07, 6.45) is 13.9. The Kier molecular flexibility index (Phi) is 11.8. The molecular formula is C21H35NO5S. The van der Waals surface area contributed by atoms with Gasteiger partial charge in [-0.1, -0.05) is 77.6 Å². The Morgan fingerprint density at radius 1 is 0.893 bits per heavy atom. The van der Waals surface area contributed by atoms with Crippen molar-refractivity contribution in [3.05, 3.63) is 24.3 Å². The Bertz CT molecular complexity index is 658. The van der Waals surface area contributed by atoms with E-state index in [2.05, 4.69) is 12.2 Å². The van der Waals surface area contributed by atoms with Crippen molar-refractivity contribution in [1.29, 1.82) is 0 Å². The fourth-order valence-electron chi connectivity index (χ4n) is 3.19. The van der Waals surface area contributed by atoms with Gasteiger partial charge in [-0.05, 0) is 30.7 Å². The summed E-state index contributed by atoms with van der Waals surface area (Å²) in [6, 6.07) is 4.70. The first-order valence-corrected chi connectivity index (χ1v) is 11.9. The Morgan fingerprint density at radius 3 is 1.79 bits per heavy atom. The van der Waals surface area contributed by atoms with E-state index in [9.17, 15) is 18.3 Å². The molecule has 0 saturated carbocycles.